The first-order valence-corrected chi connectivity index (χ1v) is 8.43. The van der Waals surface area contributed by atoms with Gasteiger partial charge < -0.3 is 10.1 Å². The van der Waals surface area contributed by atoms with E-state index in [-0.39, 0.29) is 18.4 Å². The van der Waals surface area contributed by atoms with Gasteiger partial charge in [-0.1, -0.05) is 49.7 Å². The van der Waals surface area contributed by atoms with Gasteiger partial charge in [0.05, 0.1) is 5.56 Å². The predicted molar refractivity (Wildman–Crippen MR) is 100 cm³/mol. The molecule has 0 spiro atoms. The Morgan fingerprint density at radius 3 is 2.44 bits per heavy atom. The Labute approximate surface area is 149 Å². The average Bonchev–Trinajstić information content (AvgIpc) is 2.56. The van der Waals surface area contributed by atoms with Gasteiger partial charge in [0.2, 0.25) is 0 Å². The molecule has 0 saturated carbocycles. The number of anilines is 1. The molecule has 25 heavy (non-hydrogen) atoms. The summed E-state index contributed by atoms with van der Waals surface area (Å²) in [6.45, 7) is 9.55. The summed E-state index contributed by atoms with van der Waals surface area (Å²) < 4.78 is 5.19. The average molecular weight is 339 g/mol. The van der Waals surface area contributed by atoms with E-state index in [1.54, 1.807) is 6.07 Å². The van der Waals surface area contributed by atoms with Crippen LogP contribution in [-0.4, -0.2) is 18.5 Å². The molecule has 2 aromatic carbocycles. The summed E-state index contributed by atoms with van der Waals surface area (Å²) in [4.78, 5) is 24.5. The van der Waals surface area contributed by atoms with Gasteiger partial charge in [-0.2, -0.15) is 0 Å². The first-order valence-electron chi connectivity index (χ1n) is 8.43. The number of aryl methyl sites for hydroxylation is 3. The number of benzene rings is 2. The van der Waals surface area contributed by atoms with Crippen LogP contribution in [-0.2, 0) is 9.53 Å². The van der Waals surface area contributed by atoms with E-state index in [0.29, 0.717) is 5.56 Å². The van der Waals surface area contributed by atoms with Gasteiger partial charge in [0.15, 0.2) is 6.61 Å². The summed E-state index contributed by atoms with van der Waals surface area (Å²) in [5.41, 5.74) is 5.15. The number of rotatable bonds is 5. The maximum Gasteiger partial charge on any atom is 0.338 e. The lowest BCUT2D eigenvalue weighted by Gasteiger charge is -2.16. The van der Waals surface area contributed by atoms with Crippen molar-refractivity contribution in [1.82, 2.24) is 0 Å². The van der Waals surface area contributed by atoms with Gasteiger partial charge >= 0.3 is 5.97 Å². The SMILES string of the molecule is Cc1ccc(C)c(C(=O)OCC(=O)Nc2c(C)cccc2C(C)C)c1. The molecule has 0 unspecified atom stereocenters. The van der Waals surface area contributed by atoms with E-state index in [1.807, 2.05) is 51.1 Å². The molecule has 4 nitrogen and oxygen atoms in total. The Kier molecular flexibility index (Phi) is 5.97. The molecule has 0 fully saturated rings. The third-order valence-electron chi connectivity index (χ3n) is 4.14. The summed E-state index contributed by atoms with van der Waals surface area (Å²) in [5, 5.41) is 2.88. The zero-order valence-electron chi connectivity index (χ0n) is 15.5. The summed E-state index contributed by atoms with van der Waals surface area (Å²) in [6, 6.07) is 11.5. The molecular weight excluding hydrogens is 314 g/mol. The van der Waals surface area contributed by atoms with Crippen molar-refractivity contribution in [2.75, 3.05) is 11.9 Å². The molecule has 0 aliphatic carbocycles. The molecule has 0 heterocycles. The fourth-order valence-electron chi connectivity index (χ4n) is 2.68. The van der Waals surface area contributed by atoms with Crippen molar-refractivity contribution in [3.63, 3.8) is 0 Å². The van der Waals surface area contributed by atoms with Crippen LogP contribution in [0.25, 0.3) is 0 Å². The zero-order valence-corrected chi connectivity index (χ0v) is 15.5. The summed E-state index contributed by atoms with van der Waals surface area (Å²) in [7, 11) is 0. The molecule has 0 aliphatic heterocycles. The number of esters is 1. The number of carbonyl (C=O) groups excluding carboxylic acids is 2. The third-order valence-corrected chi connectivity index (χ3v) is 4.14. The van der Waals surface area contributed by atoms with Gasteiger partial charge in [-0.05, 0) is 49.4 Å². The van der Waals surface area contributed by atoms with Crippen molar-refractivity contribution in [3.8, 4) is 0 Å². The van der Waals surface area contributed by atoms with Crippen LogP contribution < -0.4 is 5.32 Å². The number of carbonyl (C=O) groups is 2. The Morgan fingerprint density at radius 2 is 1.76 bits per heavy atom. The molecule has 0 aliphatic rings. The molecule has 1 N–H and O–H groups in total. The van der Waals surface area contributed by atoms with Crippen molar-refractivity contribution in [2.24, 2.45) is 0 Å². The Hall–Kier alpha value is -2.62. The fourth-order valence-corrected chi connectivity index (χ4v) is 2.68. The van der Waals surface area contributed by atoms with E-state index in [9.17, 15) is 9.59 Å². The largest absolute Gasteiger partial charge is 0.452 e. The first kappa shape index (κ1) is 18.7. The fraction of sp³-hybridized carbons (Fsp3) is 0.333. The number of para-hydroxylation sites is 1. The molecule has 2 rings (SSSR count). The van der Waals surface area contributed by atoms with Gasteiger partial charge in [-0.25, -0.2) is 4.79 Å². The summed E-state index contributed by atoms with van der Waals surface area (Å²) in [5.74, 6) is -0.534. The van der Waals surface area contributed by atoms with Crippen LogP contribution in [0.5, 0.6) is 0 Å². The van der Waals surface area contributed by atoms with Crippen molar-refractivity contribution in [2.45, 2.75) is 40.5 Å². The Morgan fingerprint density at radius 1 is 1.04 bits per heavy atom. The highest BCUT2D eigenvalue weighted by Gasteiger charge is 2.15. The normalized spacial score (nSPS) is 10.6. The molecule has 1 amide bonds. The van der Waals surface area contributed by atoms with Crippen molar-refractivity contribution in [1.29, 1.82) is 0 Å². The second kappa shape index (κ2) is 7.97. The molecule has 0 radical (unpaired) electrons. The van der Waals surface area contributed by atoms with E-state index in [4.69, 9.17) is 4.74 Å². The maximum absolute atomic E-state index is 12.2. The number of ether oxygens (including phenoxy) is 1. The highest BCUT2D eigenvalue weighted by atomic mass is 16.5. The van der Waals surface area contributed by atoms with Gasteiger partial charge in [-0.15, -0.1) is 0 Å². The third kappa shape index (κ3) is 4.69. The monoisotopic (exact) mass is 339 g/mol. The van der Waals surface area contributed by atoms with Crippen molar-refractivity contribution < 1.29 is 14.3 Å². The van der Waals surface area contributed by atoms with E-state index < -0.39 is 5.97 Å². The van der Waals surface area contributed by atoms with Gasteiger partial charge in [0.25, 0.3) is 5.91 Å². The van der Waals surface area contributed by atoms with Crippen LogP contribution in [0, 0.1) is 20.8 Å². The van der Waals surface area contributed by atoms with E-state index in [1.165, 1.54) is 0 Å². The second-order valence-corrected chi connectivity index (χ2v) is 6.64. The lowest BCUT2D eigenvalue weighted by atomic mass is 9.98. The second-order valence-electron chi connectivity index (χ2n) is 6.64. The number of hydrogen-bond donors (Lipinski definition) is 1. The van der Waals surface area contributed by atoms with Gasteiger partial charge in [-0.3, -0.25) is 4.79 Å². The number of amides is 1. The summed E-state index contributed by atoms with van der Waals surface area (Å²) >= 11 is 0. The predicted octanol–water partition coefficient (Wildman–Crippen LogP) is 4.53. The van der Waals surface area contributed by atoms with E-state index in [0.717, 1.165) is 27.9 Å². The van der Waals surface area contributed by atoms with Gasteiger partial charge in [0.1, 0.15) is 0 Å². The van der Waals surface area contributed by atoms with E-state index >= 15 is 0 Å². The highest BCUT2D eigenvalue weighted by Crippen LogP contribution is 2.27. The molecule has 0 atom stereocenters. The minimum Gasteiger partial charge on any atom is -0.452 e. The quantitative estimate of drug-likeness (QED) is 0.814. The molecule has 132 valence electrons. The van der Waals surface area contributed by atoms with E-state index in [2.05, 4.69) is 19.2 Å². The van der Waals surface area contributed by atoms with Crippen LogP contribution in [0.4, 0.5) is 5.69 Å². The smallest absolute Gasteiger partial charge is 0.338 e. The summed E-state index contributed by atoms with van der Waals surface area (Å²) in [6.07, 6.45) is 0. The van der Waals surface area contributed by atoms with Crippen LogP contribution in [0.15, 0.2) is 36.4 Å². The molecule has 0 saturated heterocycles. The zero-order chi connectivity index (χ0) is 18.6. The molecule has 2 aromatic rings. The van der Waals surface area contributed by atoms with Crippen molar-refractivity contribution >= 4 is 17.6 Å². The lowest BCUT2D eigenvalue weighted by molar-refractivity contribution is -0.119. The minimum atomic E-state index is -0.481. The topological polar surface area (TPSA) is 55.4 Å². The van der Waals surface area contributed by atoms with Crippen molar-refractivity contribution in [3.05, 3.63) is 64.2 Å². The minimum absolute atomic E-state index is 0.285. The Balaban J connectivity index is 2.04. The number of hydrogen-bond acceptors (Lipinski definition) is 3. The first-order chi connectivity index (χ1) is 11.8. The molecular formula is C21H25NO3. The van der Waals surface area contributed by atoms with Crippen LogP contribution in [0.1, 0.15) is 52.4 Å². The maximum atomic E-state index is 12.2. The highest BCUT2D eigenvalue weighted by molar-refractivity contribution is 5.97. The van der Waals surface area contributed by atoms with Crippen LogP contribution in [0.2, 0.25) is 0 Å². The number of nitrogens with one attached hydrogen (secondary N) is 1. The lowest BCUT2D eigenvalue weighted by Crippen LogP contribution is -2.22. The Bertz CT molecular complexity index is 794. The standard InChI is InChI=1S/C21H25NO3/c1-13(2)17-8-6-7-16(5)20(17)22-19(23)12-25-21(24)18-11-14(3)9-10-15(18)4/h6-11,13H,12H2,1-5H3,(H,22,23). The molecule has 4 heteroatoms. The van der Waals surface area contributed by atoms with Gasteiger partial charge in [0, 0.05) is 5.69 Å². The molecule has 0 aromatic heterocycles. The van der Waals surface area contributed by atoms with Crippen LogP contribution >= 0.6 is 0 Å². The molecule has 0 bridgehead atoms. The van der Waals surface area contributed by atoms with Crippen LogP contribution in [0.3, 0.4) is 0 Å².